The molecule has 2 aromatic heterocycles. The number of aryl methyl sites for hydroxylation is 1. The summed E-state index contributed by atoms with van der Waals surface area (Å²) in [5, 5.41) is 21.5. The zero-order chi connectivity index (χ0) is 18.7. The van der Waals surface area contributed by atoms with E-state index in [9.17, 15) is 19.3 Å². The molecule has 0 aliphatic rings. The van der Waals surface area contributed by atoms with Crippen LogP contribution in [0.25, 0.3) is 0 Å². The van der Waals surface area contributed by atoms with E-state index < -0.39 is 10.8 Å². The van der Waals surface area contributed by atoms with Crippen LogP contribution < -0.4 is 5.32 Å². The Morgan fingerprint density at radius 2 is 2.04 bits per heavy atom. The van der Waals surface area contributed by atoms with Crippen LogP contribution in [0, 0.1) is 22.9 Å². The predicted molar refractivity (Wildman–Crippen MR) is 90.0 cm³/mol. The van der Waals surface area contributed by atoms with Gasteiger partial charge in [-0.15, -0.1) is 0 Å². The Morgan fingerprint density at radius 1 is 1.27 bits per heavy atom. The predicted octanol–water partition coefficient (Wildman–Crippen LogP) is 2.12. The number of hydrogen-bond donors (Lipinski definition) is 1. The number of carbonyl (C=O) groups is 1. The van der Waals surface area contributed by atoms with Crippen LogP contribution in [0.1, 0.15) is 11.3 Å². The fourth-order valence-corrected chi connectivity index (χ4v) is 2.41. The normalized spacial score (nSPS) is 10.7. The standard InChI is InChI=1S/C16H15FN6O3/c1-11-14(23(25)26)9-22(19-11)10-16(24)18-15-6-7-21(20-15)8-12-4-2-3-5-13(12)17/h2-7,9H,8,10H2,1H3,(H,18,20,24). The lowest BCUT2D eigenvalue weighted by molar-refractivity contribution is -0.385. The molecule has 0 aliphatic heterocycles. The molecular formula is C16H15FN6O3. The quantitative estimate of drug-likeness (QED) is 0.536. The number of anilines is 1. The molecule has 0 saturated heterocycles. The van der Waals surface area contributed by atoms with Gasteiger partial charge in [0.2, 0.25) is 5.91 Å². The molecule has 1 N–H and O–H groups in total. The van der Waals surface area contributed by atoms with Crippen molar-refractivity contribution in [2.45, 2.75) is 20.0 Å². The Labute approximate surface area is 147 Å². The van der Waals surface area contributed by atoms with Gasteiger partial charge in [-0.1, -0.05) is 18.2 Å². The van der Waals surface area contributed by atoms with Gasteiger partial charge in [0, 0.05) is 17.8 Å². The fraction of sp³-hybridized carbons (Fsp3) is 0.188. The van der Waals surface area contributed by atoms with Crippen LogP contribution in [0.5, 0.6) is 0 Å². The van der Waals surface area contributed by atoms with E-state index in [1.807, 2.05) is 0 Å². The summed E-state index contributed by atoms with van der Waals surface area (Å²) in [6.45, 7) is 1.54. The SMILES string of the molecule is Cc1nn(CC(=O)Nc2ccn(Cc3ccccc3F)n2)cc1[N+](=O)[O-]. The largest absolute Gasteiger partial charge is 0.309 e. The van der Waals surface area contributed by atoms with E-state index in [1.54, 1.807) is 30.5 Å². The highest BCUT2D eigenvalue weighted by Crippen LogP contribution is 2.15. The summed E-state index contributed by atoms with van der Waals surface area (Å²) in [5.41, 5.74) is 0.566. The molecule has 26 heavy (non-hydrogen) atoms. The molecule has 0 atom stereocenters. The second-order valence-electron chi connectivity index (χ2n) is 5.59. The van der Waals surface area contributed by atoms with Crippen molar-refractivity contribution >= 4 is 17.4 Å². The van der Waals surface area contributed by atoms with Crippen molar-refractivity contribution in [2.24, 2.45) is 0 Å². The van der Waals surface area contributed by atoms with Crippen LogP contribution in [0.2, 0.25) is 0 Å². The van der Waals surface area contributed by atoms with Crippen LogP contribution in [0.3, 0.4) is 0 Å². The van der Waals surface area contributed by atoms with Gasteiger partial charge in [-0.25, -0.2) is 4.39 Å². The van der Waals surface area contributed by atoms with Gasteiger partial charge in [-0.2, -0.15) is 10.2 Å². The van der Waals surface area contributed by atoms with Gasteiger partial charge in [-0.3, -0.25) is 24.3 Å². The van der Waals surface area contributed by atoms with Crippen molar-refractivity contribution in [1.29, 1.82) is 0 Å². The van der Waals surface area contributed by atoms with E-state index in [0.29, 0.717) is 11.4 Å². The lowest BCUT2D eigenvalue weighted by Gasteiger charge is -2.04. The molecule has 1 amide bonds. The average Bonchev–Trinajstić information content (AvgIpc) is 3.16. The molecule has 0 bridgehead atoms. The van der Waals surface area contributed by atoms with Gasteiger partial charge in [0.1, 0.15) is 24.3 Å². The molecule has 0 fully saturated rings. The Balaban J connectivity index is 1.62. The Bertz CT molecular complexity index is 965. The minimum Gasteiger partial charge on any atom is -0.308 e. The first kappa shape index (κ1) is 17.3. The van der Waals surface area contributed by atoms with Crippen LogP contribution in [-0.4, -0.2) is 30.4 Å². The summed E-state index contributed by atoms with van der Waals surface area (Å²) in [5.74, 6) is -0.465. The summed E-state index contributed by atoms with van der Waals surface area (Å²) in [4.78, 5) is 22.3. The lowest BCUT2D eigenvalue weighted by atomic mass is 10.2. The third kappa shape index (κ3) is 3.91. The van der Waals surface area contributed by atoms with Crippen molar-refractivity contribution in [2.75, 3.05) is 5.32 Å². The maximum absolute atomic E-state index is 13.7. The van der Waals surface area contributed by atoms with Crippen molar-refractivity contribution in [3.8, 4) is 0 Å². The monoisotopic (exact) mass is 358 g/mol. The molecule has 0 saturated carbocycles. The minimum atomic E-state index is -0.554. The maximum Gasteiger partial charge on any atom is 0.309 e. The third-order valence-electron chi connectivity index (χ3n) is 3.62. The average molecular weight is 358 g/mol. The van der Waals surface area contributed by atoms with Crippen LogP contribution >= 0.6 is 0 Å². The molecule has 3 aromatic rings. The molecule has 0 spiro atoms. The van der Waals surface area contributed by atoms with Crippen molar-refractivity contribution in [3.63, 3.8) is 0 Å². The number of nitrogens with one attached hydrogen (secondary N) is 1. The summed E-state index contributed by atoms with van der Waals surface area (Å²) >= 11 is 0. The molecule has 0 aliphatic carbocycles. The van der Waals surface area contributed by atoms with E-state index >= 15 is 0 Å². The van der Waals surface area contributed by atoms with Gasteiger partial charge in [-0.05, 0) is 13.0 Å². The van der Waals surface area contributed by atoms with Gasteiger partial charge in [0.15, 0.2) is 5.82 Å². The Morgan fingerprint density at radius 3 is 2.73 bits per heavy atom. The molecule has 9 nitrogen and oxygen atoms in total. The molecule has 134 valence electrons. The number of amides is 1. The summed E-state index contributed by atoms with van der Waals surface area (Å²) in [7, 11) is 0. The van der Waals surface area contributed by atoms with Crippen molar-refractivity contribution in [3.05, 3.63) is 69.9 Å². The topological polar surface area (TPSA) is 108 Å². The highest BCUT2D eigenvalue weighted by atomic mass is 19.1. The maximum atomic E-state index is 13.7. The molecule has 3 rings (SSSR count). The van der Waals surface area contributed by atoms with Gasteiger partial charge < -0.3 is 5.32 Å². The lowest BCUT2D eigenvalue weighted by Crippen LogP contribution is -2.19. The number of nitro groups is 1. The molecule has 10 heteroatoms. The molecule has 0 radical (unpaired) electrons. The number of nitrogens with zero attached hydrogens (tertiary/aromatic N) is 5. The third-order valence-corrected chi connectivity index (χ3v) is 3.62. The highest BCUT2D eigenvalue weighted by molar-refractivity contribution is 5.89. The fourth-order valence-electron chi connectivity index (χ4n) is 2.41. The number of benzene rings is 1. The van der Waals surface area contributed by atoms with Gasteiger partial charge in [0.25, 0.3) is 0 Å². The number of carbonyl (C=O) groups excluding carboxylic acids is 1. The summed E-state index contributed by atoms with van der Waals surface area (Å²) in [6.07, 6.45) is 2.82. The van der Waals surface area contributed by atoms with Crippen LogP contribution in [0.4, 0.5) is 15.9 Å². The first-order valence-corrected chi connectivity index (χ1v) is 7.67. The number of aromatic nitrogens is 4. The zero-order valence-electron chi connectivity index (χ0n) is 13.8. The minimum absolute atomic E-state index is 0.146. The second kappa shape index (κ2) is 7.13. The van der Waals surface area contributed by atoms with E-state index in [1.165, 1.54) is 28.6 Å². The van der Waals surface area contributed by atoms with Crippen molar-refractivity contribution in [1.82, 2.24) is 19.6 Å². The number of rotatable bonds is 6. The first-order chi connectivity index (χ1) is 12.4. The van der Waals surface area contributed by atoms with E-state index in [0.717, 1.165) is 0 Å². The second-order valence-corrected chi connectivity index (χ2v) is 5.59. The van der Waals surface area contributed by atoms with Crippen LogP contribution in [0.15, 0.2) is 42.7 Å². The van der Waals surface area contributed by atoms with Gasteiger partial charge >= 0.3 is 5.69 Å². The zero-order valence-corrected chi connectivity index (χ0v) is 13.8. The molecule has 1 aromatic carbocycles. The number of hydrogen-bond acceptors (Lipinski definition) is 5. The van der Waals surface area contributed by atoms with E-state index in [4.69, 9.17) is 0 Å². The molecule has 2 heterocycles. The van der Waals surface area contributed by atoms with Gasteiger partial charge in [0.05, 0.1) is 11.5 Å². The van der Waals surface area contributed by atoms with Crippen molar-refractivity contribution < 1.29 is 14.1 Å². The summed E-state index contributed by atoms with van der Waals surface area (Å²) in [6, 6.07) is 7.94. The Hall–Kier alpha value is -3.56. The number of halogens is 1. The highest BCUT2D eigenvalue weighted by Gasteiger charge is 2.17. The van der Waals surface area contributed by atoms with Crippen LogP contribution in [-0.2, 0) is 17.9 Å². The van der Waals surface area contributed by atoms with E-state index in [2.05, 4.69) is 15.5 Å². The smallest absolute Gasteiger partial charge is 0.308 e. The molecule has 0 unspecified atom stereocenters. The summed E-state index contributed by atoms with van der Waals surface area (Å²) < 4.78 is 16.3. The first-order valence-electron chi connectivity index (χ1n) is 7.67. The van der Waals surface area contributed by atoms with E-state index in [-0.39, 0.29) is 30.3 Å². The Kier molecular flexibility index (Phi) is 4.74. The molecular weight excluding hydrogens is 343 g/mol.